The van der Waals surface area contributed by atoms with E-state index in [0.717, 1.165) is 12.1 Å². The summed E-state index contributed by atoms with van der Waals surface area (Å²) in [5, 5.41) is 9.03. The molecule has 9 heteroatoms. The van der Waals surface area contributed by atoms with E-state index >= 15 is 0 Å². The van der Waals surface area contributed by atoms with Gasteiger partial charge in [-0.2, -0.15) is 0 Å². The summed E-state index contributed by atoms with van der Waals surface area (Å²) in [4.78, 5) is 12.1. The molecule has 0 bridgehead atoms. The minimum atomic E-state index is -0.933. The van der Waals surface area contributed by atoms with Gasteiger partial charge in [-0.3, -0.25) is 4.79 Å². The van der Waals surface area contributed by atoms with Crippen molar-refractivity contribution in [3.05, 3.63) is 82.9 Å². The number of carbonyl (C=O) groups excluding carboxylic acids is 1. The Morgan fingerprint density at radius 1 is 0.862 bits per heavy atom. The average Bonchev–Trinajstić information content (AvgIpc) is 2.67. The lowest BCUT2D eigenvalue weighted by Gasteiger charge is -2.13. The molecule has 0 heterocycles. The van der Waals surface area contributed by atoms with Gasteiger partial charge in [-0.15, -0.1) is 0 Å². The zero-order valence-electron chi connectivity index (χ0n) is 14.8. The molecule has 0 radical (unpaired) electrons. The van der Waals surface area contributed by atoms with E-state index in [1.165, 1.54) is 6.07 Å². The predicted octanol–water partition coefficient (Wildman–Crippen LogP) is 5.26. The first-order chi connectivity index (χ1) is 13.8. The minimum absolute atomic E-state index is 0.282. The number of anilines is 4. The van der Waals surface area contributed by atoms with Crippen LogP contribution in [0.3, 0.4) is 0 Å². The van der Waals surface area contributed by atoms with Gasteiger partial charge in [0.05, 0.1) is 16.4 Å². The fraction of sp³-hybridized carbons (Fsp3) is 0. The molecule has 0 aliphatic rings. The van der Waals surface area contributed by atoms with Crippen LogP contribution >= 0.6 is 23.8 Å². The Hall–Kier alpha value is -3.23. The summed E-state index contributed by atoms with van der Waals surface area (Å²) in [5.74, 6) is -2.75. The largest absolute Gasteiger partial charge is 0.396 e. The van der Waals surface area contributed by atoms with Gasteiger partial charge in [0.1, 0.15) is 17.2 Å². The van der Waals surface area contributed by atoms with Crippen molar-refractivity contribution < 1.29 is 13.6 Å². The van der Waals surface area contributed by atoms with Crippen LogP contribution < -0.4 is 21.7 Å². The molecule has 0 saturated heterocycles. The molecule has 0 aliphatic heterocycles. The number of halogens is 3. The SMILES string of the molecule is Nc1c(Cl)cccc1NC(=S)Nc1ccc(NC(=O)c2c(F)cccc2F)cc1. The van der Waals surface area contributed by atoms with Gasteiger partial charge < -0.3 is 21.7 Å². The number of carbonyl (C=O) groups is 1. The van der Waals surface area contributed by atoms with E-state index in [1.54, 1.807) is 42.5 Å². The van der Waals surface area contributed by atoms with Gasteiger partial charge in [0.2, 0.25) is 0 Å². The number of nitrogen functional groups attached to an aromatic ring is 1. The lowest BCUT2D eigenvalue weighted by atomic mass is 10.1. The molecule has 0 unspecified atom stereocenters. The molecule has 0 aliphatic carbocycles. The summed E-state index contributed by atoms with van der Waals surface area (Å²) in [7, 11) is 0. The van der Waals surface area contributed by atoms with E-state index < -0.39 is 23.1 Å². The molecule has 148 valence electrons. The second kappa shape index (κ2) is 8.85. The molecule has 0 fully saturated rings. The van der Waals surface area contributed by atoms with Crippen molar-refractivity contribution in [3.63, 3.8) is 0 Å². The Bertz CT molecular complexity index is 1060. The lowest BCUT2D eigenvalue weighted by molar-refractivity contribution is 0.101. The fourth-order valence-corrected chi connectivity index (χ4v) is 2.88. The summed E-state index contributed by atoms with van der Waals surface area (Å²) < 4.78 is 27.4. The third-order valence-electron chi connectivity index (χ3n) is 3.89. The molecule has 3 aromatic carbocycles. The van der Waals surface area contributed by atoms with Crippen LogP contribution in [0.4, 0.5) is 31.5 Å². The number of nitrogens with one attached hydrogen (secondary N) is 3. The van der Waals surface area contributed by atoms with Crippen LogP contribution in [0.1, 0.15) is 10.4 Å². The monoisotopic (exact) mass is 432 g/mol. The third-order valence-corrected chi connectivity index (χ3v) is 4.43. The van der Waals surface area contributed by atoms with Crippen LogP contribution in [0, 0.1) is 11.6 Å². The van der Waals surface area contributed by atoms with Crippen molar-refractivity contribution in [3.8, 4) is 0 Å². The number of hydrogen-bond acceptors (Lipinski definition) is 3. The Labute approximate surface area is 175 Å². The maximum Gasteiger partial charge on any atom is 0.261 e. The number of para-hydroxylation sites is 1. The molecule has 0 atom stereocenters. The molecule has 0 saturated carbocycles. The van der Waals surface area contributed by atoms with Gasteiger partial charge in [0.15, 0.2) is 5.11 Å². The highest BCUT2D eigenvalue weighted by Gasteiger charge is 2.17. The van der Waals surface area contributed by atoms with E-state index in [4.69, 9.17) is 29.6 Å². The third kappa shape index (κ3) is 4.98. The zero-order valence-corrected chi connectivity index (χ0v) is 16.4. The van der Waals surface area contributed by atoms with Crippen LogP contribution in [0.2, 0.25) is 5.02 Å². The Balaban J connectivity index is 1.63. The molecular formula is C20H15ClF2N4OS. The first-order valence-electron chi connectivity index (χ1n) is 8.32. The molecule has 29 heavy (non-hydrogen) atoms. The van der Waals surface area contributed by atoms with Gasteiger partial charge in [0, 0.05) is 11.4 Å². The summed E-state index contributed by atoms with van der Waals surface area (Å²) in [6.07, 6.45) is 0. The highest BCUT2D eigenvalue weighted by Crippen LogP contribution is 2.27. The van der Waals surface area contributed by atoms with Crippen molar-refractivity contribution in [1.82, 2.24) is 0 Å². The lowest BCUT2D eigenvalue weighted by Crippen LogP contribution is -2.20. The van der Waals surface area contributed by atoms with Crippen LogP contribution in [-0.4, -0.2) is 11.0 Å². The van der Waals surface area contributed by atoms with Gasteiger partial charge in [-0.05, 0) is 60.7 Å². The number of benzene rings is 3. The molecule has 1 amide bonds. The quantitative estimate of drug-likeness (QED) is 0.334. The van der Waals surface area contributed by atoms with Crippen LogP contribution in [-0.2, 0) is 0 Å². The van der Waals surface area contributed by atoms with Crippen molar-refractivity contribution in [2.45, 2.75) is 0 Å². The highest BCUT2D eigenvalue weighted by atomic mass is 35.5. The zero-order chi connectivity index (χ0) is 21.0. The number of hydrogen-bond donors (Lipinski definition) is 4. The molecule has 5 N–H and O–H groups in total. The van der Waals surface area contributed by atoms with E-state index in [2.05, 4.69) is 16.0 Å². The summed E-state index contributed by atoms with van der Waals surface area (Å²) in [5.41, 5.74) is 7.16. The molecule has 5 nitrogen and oxygen atoms in total. The topological polar surface area (TPSA) is 79.2 Å². The number of thiocarbonyl (C=S) groups is 1. The summed E-state index contributed by atoms with van der Waals surface area (Å²) in [6.45, 7) is 0. The van der Waals surface area contributed by atoms with E-state index in [-0.39, 0.29) is 5.11 Å². The maximum atomic E-state index is 13.7. The van der Waals surface area contributed by atoms with E-state index in [1.807, 2.05) is 0 Å². The highest BCUT2D eigenvalue weighted by molar-refractivity contribution is 7.80. The average molecular weight is 433 g/mol. The van der Waals surface area contributed by atoms with Crippen molar-refractivity contribution in [1.29, 1.82) is 0 Å². The first-order valence-corrected chi connectivity index (χ1v) is 9.11. The second-order valence-electron chi connectivity index (χ2n) is 5.91. The first kappa shape index (κ1) is 20.5. The van der Waals surface area contributed by atoms with Crippen molar-refractivity contribution in [2.24, 2.45) is 0 Å². The van der Waals surface area contributed by atoms with Gasteiger partial charge >= 0.3 is 0 Å². The van der Waals surface area contributed by atoms with Crippen molar-refractivity contribution in [2.75, 3.05) is 21.7 Å². The Morgan fingerprint density at radius 2 is 1.41 bits per heavy atom. The molecule has 0 spiro atoms. The second-order valence-corrected chi connectivity index (χ2v) is 6.72. The molecule has 0 aromatic heterocycles. The van der Waals surface area contributed by atoms with Crippen LogP contribution in [0.5, 0.6) is 0 Å². The van der Waals surface area contributed by atoms with E-state index in [9.17, 15) is 13.6 Å². The number of nitrogens with two attached hydrogens (primary N) is 1. The smallest absolute Gasteiger partial charge is 0.261 e. The Morgan fingerprint density at radius 3 is 2.03 bits per heavy atom. The van der Waals surface area contributed by atoms with Crippen LogP contribution in [0.15, 0.2) is 60.7 Å². The van der Waals surface area contributed by atoms with Gasteiger partial charge in [0.25, 0.3) is 5.91 Å². The van der Waals surface area contributed by atoms with Gasteiger partial charge in [-0.25, -0.2) is 8.78 Å². The molecule has 3 aromatic rings. The molecule has 3 rings (SSSR count). The summed E-state index contributed by atoms with van der Waals surface area (Å²) in [6, 6.07) is 14.8. The molecular weight excluding hydrogens is 418 g/mol. The van der Waals surface area contributed by atoms with E-state index in [0.29, 0.717) is 27.8 Å². The van der Waals surface area contributed by atoms with Crippen molar-refractivity contribution >= 4 is 57.6 Å². The van der Waals surface area contributed by atoms with Gasteiger partial charge in [-0.1, -0.05) is 23.7 Å². The number of rotatable bonds is 4. The number of amides is 1. The predicted molar refractivity (Wildman–Crippen MR) is 116 cm³/mol. The standard InChI is InChI=1S/C20H15ClF2N4OS/c21-13-3-1-6-16(18(13)24)27-20(29)26-12-9-7-11(8-10-12)25-19(28)17-14(22)4-2-5-15(17)23/h1-10H,24H2,(H,25,28)(H2,26,27,29). The minimum Gasteiger partial charge on any atom is -0.396 e. The normalized spacial score (nSPS) is 10.3. The maximum absolute atomic E-state index is 13.7. The van der Waals surface area contributed by atoms with Crippen LogP contribution in [0.25, 0.3) is 0 Å². The summed E-state index contributed by atoms with van der Waals surface area (Å²) >= 11 is 11.2. The Kier molecular flexibility index (Phi) is 6.26. The fourth-order valence-electron chi connectivity index (χ4n) is 2.48.